The van der Waals surface area contributed by atoms with Gasteiger partial charge in [-0.3, -0.25) is 0 Å². The van der Waals surface area contributed by atoms with E-state index in [-0.39, 0.29) is 5.60 Å². The molecular weight excluding hydrogens is 224 g/mol. The maximum atomic E-state index is 6.00. The van der Waals surface area contributed by atoms with E-state index in [1.165, 1.54) is 16.7 Å². The molecule has 1 aliphatic heterocycles. The van der Waals surface area contributed by atoms with Crippen molar-refractivity contribution in [3.8, 4) is 5.75 Å². The number of hydrogen-bond acceptors (Lipinski definition) is 2. The van der Waals surface area contributed by atoms with Crippen LogP contribution in [0.15, 0.2) is 24.3 Å². The SMILES string of the molecule is COCCCC1=CC(C)(C)Oc2ccc(C)cc21. The lowest BCUT2D eigenvalue weighted by molar-refractivity contribution is 0.157. The van der Waals surface area contributed by atoms with Crippen LogP contribution in [0, 0.1) is 6.92 Å². The van der Waals surface area contributed by atoms with Crippen LogP contribution in [0.2, 0.25) is 0 Å². The largest absolute Gasteiger partial charge is 0.483 e. The smallest absolute Gasteiger partial charge is 0.128 e. The highest BCUT2D eigenvalue weighted by atomic mass is 16.5. The zero-order valence-corrected chi connectivity index (χ0v) is 11.7. The molecule has 0 aromatic heterocycles. The second kappa shape index (κ2) is 5.15. The predicted octanol–water partition coefficient (Wildman–Crippen LogP) is 3.98. The summed E-state index contributed by atoms with van der Waals surface area (Å²) in [6, 6.07) is 6.39. The van der Waals surface area contributed by atoms with Gasteiger partial charge in [0.2, 0.25) is 0 Å². The average Bonchev–Trinajstić information content (AvgIpc) is 2.29. The molecule has 0 saturated heterocycles. The molecule has 18 heavy (non-hydrogen) atoms. The monoisotopic (exact) mass is 246 g/mol. The van der Waals surface area contributed by atoms with E-state index < -0.39 is 0 Å². The molecule has 0 N–H and O–H groups in total. The van der Waals surface area contributed by atoms with Crippen LogP contribution in [-0.2, 0) is 4.74 Å². The van der Waals surface area contributed by atoms with Crippen molar-refractivity contribution in [3.05, 3.63) is 35.4 Å². The lowest BCUT2D eigenvalue weighted by Gasteiger charge is -2.31. The molecule has 1 heterocycles. The summed E-state index contributed by atoms with van der Waals surface area (Å²) < 4.78 is 11.1. The quantitative estimate of drug-likeness (QED) is 0.748. The molecule has 0 fully saturated rings. The van der Waals surface area contributed by atoms with Crippen molar-refractivity contribution in [1.82, 2.24) is 0 Å². The lowest BCUT2D eigenvalue weighted by Crippen LogP contribution is -2.29. The fraction of sp³-hybridized carbons (Fsp3) is 0.500. The molecule has 98 valence electrons. The van der Waals surface area contributed by atoms with Crippen molar-refractivity contribution in [2.24, 2.45) is 0 Å². The zero-order valence-electron chi connectivity index (χ0n) is 11.7. The molecule has 0 spiro atoms. The molecule has 0 amide bonds. The Morgan fingerprint density at radius 1 is 1.28 bits per heavy atom. The highest BCUT2D eigenvalue weighted by Crippen LogP contribution is 2.38. The van der Waals surface area contributed by atoms with Crippen molar-refractivity contribution in [2.45, 2.75) is 39.2 Å². The van der Waals surface area contributed by atoms with Crippen LogP contribution in [0.1, 0.15) is 37.8 Å². The third-order valence-electron chi connectivity index (χ3n) is 3.17. The maximum Gasteiger partial charge on any atom is 0.128 e. The maximum absolute atomic E-state index is 6.00. The van der Waals surface area contributed by atoms with E-state index in [2.05, 4.69) is 45.0 Å². The minimum absolute atomic E-state index is 0.218. The van der Waals surface area contributed by atoms with Crippen molar-refractivity contribution in [3.63, 3.8) is 0 Å². The first-order valence-corrected chi connectivity index (χ1v) is 6.52. The first-order valence-electron chi connectivity index (χ1n) is 6.52. The van der Waals surface area contributed by atoms with E-state index >= 15 is 0 Å². The molecule has 0 aliphatic carbocycles. The fourth-order valence-electron chi connectivity index (χ4n) is 2.41. The molecule has 0 saturated carbocycles. The molecule has 2 heteroatoms. The first-order chi connectivity index (χ1) is 8.52. The van der Waals surface area contributed by atoms with E-state index in [4.69, 9.17) is 9.47 Å². The molecule has 2 rings (SSSR count). The van der Waals surface area contributed by atoms with E-state index in [1.807, 2.05) is 0 Å². The van der Waals surface area contributed by atoms with Gasteiger partial charge in [-0.1, -0.05) is 11.6 Å². The van der Waals surface area contributed by atoms with Crippen LogP contribution >= 0.6 is 0 Å². The molecule has 1 aromatic carbocycles. The third-order valence-corrected chi connectivity index (χ3v) is 3.17. The second-order valence-corrected chi connectivity index (χ2v) is 5.47. The zero-order chi connectivity index (χ0) is 13.2. The van der Waals surface area contributed by atoms with Gasteiger partial charge in [-0.05, 0) is 57.4 Å². The van der Waals surface area contributed by atoms with Crippen molar-refractivity contribution >= 4 is 5.57 Å². The minimum Gasteiger partial charge on any atom is -0.483 e. The van der Waals surface area contributed by atoms with Crippen LogP contribution in [0.4, 0.5) is 0 Å². The Morgan fingerprint density at radius 2 is 2.06 bits per heavy atom. The highest BCUT2D eigenvalue weighted by molar-refractivity contribution is 5.73. The number of hydrogen-bond donors (Lipinski definition) is 0. The Hall–Kier alpha value is -1.28. The molecule has 0 bridgehead atoms. The Kier molecular flexibility index (Phi) is 3.76. The van der Waals surface area contributed by atoms with Crippen LogP contribution in [0.3, 0.4) is 0 Å². The standard InChI is InChI=1S/C16H22O2/c1-12-7-8-15-14(10-12)13(6-5-9-17-4)11-16(2,3)18-15/h7-8,10-11H,5-6,9H2,1-4H3. The van der Waals surface area contributed by atoms with Gasteiger partial charge in [0.15, 0.2) is 0 Å². The number of aryl methyl sites for hydroxylation is 1. The topological polar surface area (TPSA) is 18.5 Å². The number of ether oxygens (including phenoxy) is 2. The van der Waals surface area contributed by atoms with Gasteiger partial charge in [0.1, 0.15) is 11.4 Å². The van der Waals surface area contributed by atoms with E-state index in [1.54, 1.807) is 7.11 Å². The van der Waals surface area contributed by atoms with Crippen molar-refractivity contribution in [1.29, 1.82) is 0 Å². The fourth-order valence-corrected chi connectivity index (χ4v) is 2.41. The Balaban J connectivity index is 2.30. The Morgan fingerprint density at radius 3 is 2.78 bits per heavy atom. The Bertz CT molecular complexity index is 458. The summed E-state index contributed by atoms with van der Waals surface area (Å²) in [7, 11) is 1.75. The van der Waals surface area contributed by atoms with Gasteiger partial charge in [0.25, 0.3) is 0 Å². The number of fused-ring (bicyclic) bond motifs is 1. The number of allylic oxidation sites excluding steroid dienone is 1. The third kappa shape index (κ3) is 2.94. The summed E-state index contributed by atoms with van der Waals surface area (Å²) in [5.74, 6) is 1.00. The van der Waals surface area contributed by atoms with Gasteiger partial charge >= 0.3 is 0 Å². The van der Waals surface area contributed by atoms with Crippen molar-refractivity contribution in [2.75, 3.05) is 13.7 Å². The summed E-state index contributed by atoms with van der Waals surface area (Å²) in [5, 5.41) is 0. The van der Waals surface area contributed by atoms with Crippen LogP contribution in [0.5, 0.6) is 5.75 Å². The molecule has 1 aliphatic rings. The van der Waals surface area contributed by atoms with Crippen molar-refractivity contribution < 1.29 is 9.47 Å². The first kappa shape index (κ1) is 13.2. The van der Waals surface area contributed by atoms with Crippen LogP contribution in [0.25, 0.3) is 5.57 Å². The molecule has 2 nitrogen and oxygen atoms in total. The summed E-state index contributed by atoms with van der Waals surface area (Å²) in [6.45, 7) is 7.13. The van der Waals surface area contributed by atoms with Crippen LogP contribution < -0.4 is 4.74 Å². The lowest BCUT2D eigenvalue weighted by atomic mass is 9.91. The number of benzene rings is 1. The van der Waals surface area contributed by atoms with Gasteiger partial charge in [-0.15, -0.1) is 0 Å². The summed E-state index contributed by atoms with van der Waals surface area (Å²) in [6.07, 6.45) is 4.33. The van der Waals surface area contributed by atoms with Gasteiger partial charge in [-0.25, -0.2) is 0 Å². The van der Waals surface area contributed by atoms with E-state index in [9.17, 15) is 0 Å². The van der Waals surface area contributed by atoms with Gasteiger partial charge in [0.05, 0.1) is 0 Å². The minimum atomic E-state index is -0.218. The molecule has 0 atom stereocenters. The number of rotatable bonds is 4. The summed E-state index contributed by atoms with van der Waals surface area (Å²) in [5.41, 5.74) is 3.67. The molecule has 1 aromatic rings. The van der Waals surface area contributed by atoms with Crippen LogP contribution in [-0.4, -0.2) is 19.3 Å². The van der Waals surface area contributed by atoms with E-state index in [0.29, 0.717) is 0 Å². The molecule has 0 unspecified atom stereocenters. The predicted molar refractivity (Wildman–Crippen MR) is 75.0 cm³/mol. The van der Waals surface area contributed by atoms with Gasteiger partial charge in [-0.2, -0.15) is 0 Å². The Labute approximate surface area is 110 Å². The van der Waals surface area contributed by atoms with E-state index in [0.717, 1.165) is 25.2 Å². The summed E-state index contributed by atoms with van der Waals surface area (Å²) >= 11 is 0. The van der Waals surface area contributed by atoms with Gasteiger partial charge < -0.3 is 9.47 Å². The summed E-state index contributed by atoms with van der Waals surface area (Å²) in [4.78, 5) is 0. The average molecular weight is 246 g/mol. The molecular formula is C16H22O2. The highest BCUT2D eigenvalue weighted by Gasteiger charge is 2.25. The normalized spacial score (nSPS) is 16.8. The second-order valence-electron chi connectivity index (χ2n) is 5.47. The van der Waals surface area contributed by atoms with Gasteiger partial charge in [0, 0.05) is 19.3 Å². The molecule has 0 radical (unpaired) electrons. The number of methoxy groups -OCH3 is 1.